The van der Waals surface area contributed by atoms with Crippen LogP contribution in [0.15, 0.2) is 91.3 Å². The van der Waals surface area contributed by atoms with Crippen molar-refractivity contribution in [3.63, 3.8) is 0 Å². The molecular weight excluding hydrogens is 436 g/mol. The summed E-state index contributed by atoms with van der Waals surface area (Å²) in [4.78, 5) is 17.4. The number of aryl methyl sites for hydroxylation is 1. The van der Waals surface area contributed by atoms with Crippen LogP contribution in [0.3, 0.4) is 0 Å². The molecule has 0 fully saturated rings. The van der Waals surface area contributed by atoms with E-state index in [1.165, 1.54) is 46.4 Å². The fourth-order valence-corrected chi connectivity index (χ4v) is 4.16. The largest absolute Gasteiger partial charge is 0.487 e. The molecule has 0 aliphatic carbocycles. The molecule has 1 aliphatic heterocycles. The Morgan fingerprint density at radius 1 is 1.17 bits per heavy atom. The highest BCUT2D eigenvalue weighted by Gasteiger charge is 2.19. The second-order valence-corrected chi connectivity index (χ2v) is 8.87. The van der Waals surface area contributed by atoms with E-state index in [1.54, 1.807) is 0 Å². The standard InChI is InChI=1S/C30H30N2O3/c1-21-10-11-29-26(14-21)12-13-32(29)19-24-8-5-9-25(15-24)23(3)7-4-6-22(2)20-35-28-16-27(30(33)34)17-31-18-28/h4-11,14-18H,2,12-13,19-20H2,1,3H3,(H,33,34)/b6-4-,23-7+. The molecule has 4 rings (SSSR count). The number of anilines is 1. The summed E-state index contributed by atoms with van der Waals surface area (Å²) in [5, 5.41) is 9.05. The van der Waals surface area contributed by atoms with Crippen molar-refractivity contribution < 1.29 is 14.6 Å². The van der Waals surface area contributed by atoms with Crippen LogP contribution in [0.25, 0.3) is 5.57 Å². The first kappa shape index (κ1) is 24.0. The molecule has 2 heterocycles. The third kappa shape index (κ3) is 6.27. The van der Waals surface area contributed by atoms with Crippen LogP contribution < -0.4 is 9.64 Å². The topological polar surface area (TPSA) is 62.7 Å². The zero-order valence-corrected chi connectivity index (χ0v) is 20.2. The van der Waals surface area contributed by atoms with Gasteiger partial charge in [0.25, 0.3) is 0 Å². The molecule has 0 unspecified atom stereocenters. The Labute approximate surface area is 206 Å². The van der Waals surface area contributed by atoms with Crippen LogP contribution in [0.4, 0.5) is 5.69 Å². The summed E-state index contributed by atoms with van der Waals surface area (Å²) in [6, 6.07) is 16.9. The maximum atomic E-state index is 11.0. The Morgan fingerprint density at radius 3 is 2.86 bits per heavy atom. The Balaban J connectivity index is 1.34. The van der Waals surface area contributed by atoms with Gasteiger partial charge in [-0.05, 0) is 66.3 Å². The molecule has 1 aromatic heterocycles. The number of benzene rings is 2. The molecular formula is C30H30N2O3. The third-order valence-corrected chi connectivity index (χ3v) is 6.04. The van der Waals surface area contributed by atoms with Crippen LogP contribution in [0.1, 0.15) is 39.5 Å². The first-order chi connectivity index (χ1) is 16.9. The third-order valence-electron chi connectivity index (χ3n) is 6.04. The van der Waals surface area contributed by atoms with E-state index in [-0.39, 0.29) is 12.2 Å². The maximum Gasteiger partial charge on any atom is 0.337 e. The van der Waals surface area contributed by atoms with Gasteiger partial charge in [-0.3, -0.25) is 4.98 Å². The zero-order chi connectivity index (χ0) is 24.8. The van der Waals surface area contributed by atoms with Gasteiger partial charge in [-0.1, -0.05) is 60.7 Å². The molecule has 2 aromatic carbocycles. The SMILES string of the molecule is C=C(/C=C\C=C(/C)c1cccc(CN2CCc3cc(C)ccc32)c1)COc1cncc(C(=O)O)c1. The minimum Gasteiger partial charge on any atom is -0.487 e. The van der Waals surface area contributed by atoms with Crippen molar-refractivity contribution in [2.75, 3.05) is 18.1 Å². The molecule has 0 spiro atoms. The zero-order valence-electron chi connectivity index (χ0n) is 20.2. The number of hydrogen-bond donors (Lipinski definition) is 1. The molecule has 1 aliphatic rings. The number of carboxylic acid groups (broad SMARTS) is 1. The Morgan fingerprint density at radius 2 is 2.03 bits per heavy atom. The number of carboxylic acids is 1. The van der Waals surface area contributed by atoms with Crippen LogP contribution in [-0.4, -0.2) is 29.2 Å². The molecule has 0 saturated carbocycles. The average Bonchev–Trinajstić information content (AvgIpc) is 3.24. The highest BCUT2D eigenvalue weighted by molar-refractivity contribution is 5.87. The summed E-state index contributed by atoms with van der Waals surface area (Å²) in [7, 11) is 0. The Kier molecular flexibility index (Phi) is 7.46. The van der Waals surface area contributed by atoms with E-state index < -0.39 is 5.97 Å². The number of pyridine rings is 1. The molecule has 0 saturated heterocycles. The Bertz CT molecular complexity index is 1310. The highest BCUT2D eigenvalue weighted by Crippen LogP contribution is 2.30. The number of carbonyl (C=O) groups is 1. The highest BCUT2D eigenvalue weighted by atomic mass is 16.5. The summed E-state index contributed by atoms with van der Waals surface area (Å²) in [5.74, 6) is -0.634. The molecule has 0 amide bonds. The van der Waals surface area contributed by atoms with Crippen molar-refractivity contribution in [3.8, 4) is 5.75 Å². The second kappa shape index (κ2) is 10.9. The first-order valence-electron chi connectivity index (χ1n) is 11.7. The van der Waals surface area contributed by atoms with Crippen molar-refractivity contribution in [1.82, 2.24) is 4.98 Å². The van der Waals surface area contributed by atoms with E-state index in [0.29, 0.717) is 5.75 Å². The summed E-state index contributed by atoms with van der Waals surface area (Å²) >= 11 is 0. The lowest BCUT2D eigenvalue weighted by molar-refractivity contribution is 0.0696. The molecule has 0 atom stereocenters. The number of allylic oxidation sites excluding steroid dienone is 3. The molecule has 0 radical (unpaired) electrons. The molecule has 1 N–H and O–H groups in total. The molecule has 5 heteroatoms. The molecule has 0 bridgehead atoms. The summed E-state index contributed by atoms with van der Waals surface area (Å²) < 4.78 is 5.61. The number of aromatic carboxylic acids is 1. The van der Waals surface area contributed by atoms with E-state index in [9.17, 15) is 4.79 Å². The number of nitrogens with zero attached hydrogens (tertiary/aromatic N) is 2. The predicted octanol–water partition coefficient (Wildman–Crippen LogP) is 6.25. The first-order valence-corrected chi connectivity index (χ1v) is 11.7. The summed E-state index contributed by atoms with van der Waals surface area (Å²) in [5.41, 5.74) is 8.61. The fourth-order valence-electron chi connectivity index (χ4n) is 4.16. The van der Waals surface area contributed by atoms with Crippen molar-refractivity contribution in [1.29, 1.82) is 0 Å². The lowest BCUT2D eigenvalue weighted by atomic mass is 10.0. The number of ether oxygens (including phenoxy) is 1. The fraction of sp³-hybridized carbons (Fsp3) is 0.200. The smallest absolute Gasteiger partial charge is 0.337 e. The van der Waals surface area contributed by atoms with Gasteiger partial charge in [0.1, 0.15) is 12.4 Å². The minimum atomic E-state index is -1.04. The number of fused-ring (bicyclic) bond motifs is 1. The van der Waals surface area contributed by atoms with Crippen molar-refractivity contribution in [3.05, 3.63) is 119 Å². The lowest BCUT2D eigenvalue weighted by Gasteiger charge is -2.20. The lowest BCUT2D eigenvalue weighted by Crippen LogP contribution is -2.19. The molecule has 3 aromatic rings. The van der Waals surface area contributed by atoms with Gasteiger partial charge in [-0.2, -0.15) is 0 Å². The second-order valence-electron chi connectivity index (χ2n) is 8.87. The Hall–Kier alpha value is -4.12. The van der Waals surface area contributed by atoms with Gasteiger partial charge in [0, 0.05) is 25.0 Å². The quantitative estimate of drug-likeness (QED) is 0.378. The number of aromatic nitrogens is 1. The molecule has 5 nitrogen and oxygen atoms in total. The van der Waals surface area contributed by atoms with E-state index in [2.05, 4.69) is 78.9 Å². The summed E-state index contributed by atoms with van der Waals surface area (Å²) in [6.07, 6.45) is 9.80. The van der Waals surface area contributed by atoms with E-state index in [1.807, 2.05) is 12.2 Å². The number of hydrogen-bond acceptors (Lipinski definition) is 4. The molecule has 178 valence electrons. The van der Waals surface area contributed by atoms with Gasteiger partial charge in [-0.25, -0.2) is 4.79 Å². The van der Waals surface area contributed by atoms with Crippen molar-refractivity contribution >= 4 is 17.2 Å². The van der Waals surface area contributed by atoms with Crippen molar-refractivity contribution in [2.45, 2.75) is 26.8 Å². The van der Waals surface area contributed by atoms with Crippen LogP contribution in [0.5, 0.6) is 5.75 Å². The van der Waals surface area contributed by atoms with E-state index in [0.717, 1.165) is 30.7 Å². The van der Waals surface area contributed by atoms with Gasteiger partial charge in [-0.15, -0.1) is 0 Å². The van der Waals surface area contributed by atoms with Gasteiger partial charge in [0.05, 0.1) is 11.8 Å². The predicted molar refractivity (Wildman–Crippen MR) is 141 cm³/mol. The van der Waals surface area contributed by atoms with E-state index >= 15 is 0 Å². The maximum absolute atomic E-state index is 11.0. The average molecular weight is 467 g/mol. The van der Waals surface area contributed by atoms with Gasteiger partial charge in [0.15, 0.2) is 0 Å². The van der Waals surface area contributed by atoms with Crippen molar-refractivity contribution in [2.24, 2.45) is 0 Å². The van der Waals surface area contributed by atoms with Gasteiger partial charge in [0.2, 0.25) is 0 Å². The monoisotopic (exact) mass is 466 g/mol. The van der Waals surface area contributed by atoms with Crippen LogP contribution in [0, 0.1) is 6.92 Å². The van der Waals surface area contributed by atoms with Crippen LogP contribution in [-0.2, 0) is 13.0 Å². The van der Waals surface area contributed by atoms with Crippen LogP contribution in [0.2, 0.25) is 0 Å². The van der Waals surface area contributed by atoms with Gasteiger partial charge < -0.3 is 14.7 Å². The molecule has 35 heavy (non-hydrogen) atoms. The summed E-state index contributed by atoms with van der Waals surface area (Å²) in [6.45, 7) is 10.5. The number of rotatable bonds is 9. The van der Waals surface area contributed by atoms with Crippen LogP contribution >= 0.6 is 0 Å². The van der Waals surface area contributed by atoms with Gasteiger partial charge >= 0.3 is 5.97 Å². The minimum absolute atomic E-state index is 0.0912. The van der Waals surface area contributed by atoms with E-state index in [4.69, 9.17) is 9.84 Å². The normalized spacial score (nSPS) is 13.2.